The van der Waals surface area contributed by atoms with Gasteiger partial charge in [0, 0.05) is 11.3 Å². The highest BCUT2D eigenvalue weighted by molar-refractivity contribution is 6.02. The second-order valence-corrected chi connectivity index (χ2v) is 7.24. The molecule has 6 nitrogen and oxygen atoms in total. The lowest BCUT2D eigenvalue weighted by molar-refractivity contribution is 0.101. The van der Waals surface area contributed by atoms with Crippen LogP contribution in [0.3, 0.4) is 0 Å². The number of nitrogens with zero attached hydrogens (tertiary/aromatic N) is 3. The van der Waals surface area contributed by atoms with Crippen LogP contribution in [0.5, 0.6) is 5.75 Å². The van der Waals surface area contributed by atoms with Gasteiger partial charge in [0.2, 0.25) is 5.82 Å². The van der Waals surface area contributed by atoms with Crippen molar-refractivity contribution in [2.45, 2.75) is 20.8 Å². The summed E-state index contributed by atoms with van der Waals surface area (Å²) in [6.45, 7) is 6.48. The topological polar surface area (TPSA) is 69.0 Å². The molecule has 0 radical (unpaired) electrons. The van der Waals surface area contributed by atoms with Gasteiger partial charge in [-0.1, -0.05) is 42.5 Å². The van der Waals surface area contributed by atoms with Crippen LogP contribution in [0.2, 0.25) is 0 Å². The van der Waals surface area contributed by atoms with Crippen LogP contribution < -0.4 is 10.1 Å². The Labute approximate surface area is 181 Å². The fraction of sp³-hybridized carbons (Fsp3) is 0.160. The number of hydrogen-bond acceptors (Lipinski definition) is 4. The highest BCUT2D eigenvalue weighted by Gasteiger charge is 2.19. The lowest BCUT2D eigenvalue weighted by atomic mass is 10.1. The molecular formula is C25H24N4O2. The molecule has 1 amide bonds. The average molecular weight is 412 g/mol. The fourth-order valence-electron chi connectivity index (χ4n) is 3.26. The molecule has 0 bridgehead atoms. The zero-order valence-electron chi connectivity index (χ0n) is 17.8. The summed E-state index contributed by atoms with van der Waals surface area (Å²) in [5, 5.41) is 7.47. The number of nitrogens with one attached hydrogen (secondary N) is 1. The summed E-state index contributed by atoms with van der Waals surface area (Å²) in [5.74, 6) is 1.13. The number of hydrogen-bond donors (Lipinski definition) is 1. The Bertz CT molecular complexity index is 1200. The summed E-state index contributed by atoms with van der Waals surface area (Å²) < 4.78 is 7.22. The molecule has 156 valence electrons. The first-order chi connectivity index (χ1) is 15.0. The monoisotopic (exact) mass is 412 g/mol. The van der Waals surface area contributed by atoms with Crippen molar-refractivity contribution in [1.82, 2.24) is 14.8 Å². The second-order valence-electron chi connectivity index (χ2n) is 7.24. The molecule has 31 heavy (non-hydrogen) atoms. The highest BCUT2D eigenvalue weighted by atomic mass is 16.5. The minimum atomic E-state index is -0.351. The van der Waals surface area contributed by atoms with E-state index in [4.69, 9.17) is 4.74 Å². The van der Waals surface area contributed by atoms with Crippen LogP contribution in [0, 0.1) is 13.8 Å². The highest BCUT2D eigenvalue weighted by Crippen LogP contribution is 2.24. The van der Waals surface area contributed by atoms with Gasteiger partial charge in [0.05, 0.1) is 12.3 Å². The van der Waals surface area contributed by atoms with Crippen molar-refractivity contribution in [2.24, 2.45) is 0 Å². The Morgan fingerprint density at radius 3 is 2.45 bits per heavy atom. The molecule has 0 aliphatic heterocycles. The van der Waals surface area contributed by atoms with Crippen LogP contribution >= 0.6 is 0 Å². The molecule has 1 heterocycles. The maximum Gasteiger partial charge on any atom is 0.295 e. The lowest BCUT2D eigenvalue weighted by Gasteiger charge is -2.08. The van der Waals surface area contributed by atoms with E-state index < -0.39 is 0 Å². The van der Waals surface area contributed by atoms with Crippen molar-refractivity contribution < 1.29 is 9.53 Å². The number of rotatable bonds is 6. The van der Waals surface area contributed by atoms with Crippen molar-refractivity contribution in [2.75, 3.05) is 11.9 Å². The summed E-state index contributed by atoms with van der Waals surface area (Å²) >= 11 is 0. The van der Waals surface area contributed by atoms with Crippen LogP contribution in [0.25, 0.3) is 17.1 Å². The predicted molar refractivity (Wildman–Crippen MR) is 122 cm³/mol. The van der Waals surface area contributed by atoms with Crippen molar-refractivity contribution in [3.8, 4) is 22.8 Å². The van der Waals surface area contributed by atoms with E-state index >= 15 is 0 Å². The zero-order valence-corrected chi connectivity index (χ0v) is 17.8. The first-order valence-electron chi connectivity index (χ1n) is 10.2. The van der Waals surface area contributed by atoms with Crippen LogP contribution in [-0.4, -0.2) is 27.3 Å². The van der Waals surface area contributed by atoms with E-state index in [1.807, 2.05) is 93.6 Å². The standard InChI is InChI=1S/C25H24N4O2/c1-4-31-21-14-12-20(13-15-21)29-24(19-8-6-5-7-9-19)27-23(28-29)25(30)26-22-16-17(2)10-11-18(22)3/h5-16H,4H2,1-3H3,(H,26,30). The fourth-order valence-corrected chi connectivity index (χ4v) is 3.26. The van der Waals surface area contributed by atoms with Gasteiger partial charge in [0.15, 0.2) is 5.82 Å². The SMILES string of the molecule is CCOc1ccc(-n2nc(C(=O)Nc3cc(C)ccc3C)nc2-c2ccccc2)cc1. The Morgan fingerprint density at radius 2 is 1.74 bits per heavy atom. The second kappa shape index (κ2) is 8.83. The number of anilines is 1. The Balaban J connectivity index is 1.72. The number of ether oxygens (including phenoxy) is 1. The van der Waals surface area contributed by atoms with Gasteiger partial charge in [-0.15, -0.1) is 5.10 Å². The van der Waals surface area contributed by atoms with Gasteiger partial charge in [-0.2, -0.15) is 0 Å². The van der Waals surface area contributed by atoms with Crippen molar-refractivity contribution in [3.63, 3.8) is 0 Å². The smallest absolute Gasteiger partial charge is 0.295 e. The van der Waals surface area contributed by atoms with Crippen LogP contribution in [0.1, 0.15) is 28.7 Å². The third kappa shape index (κ3) is 4.48. The molecule has 4 rings (SSSR count). The molecule has 1 aromatic heterocycles. The summed E-state index contributed by atoms with van der Waals surface area (Å²) in [6, 6.07) is 23.2. The molecule has 0 aliphatic rings. The predicted octanol–water partition coefficient (Wildman–Crippen LogP) is 5.20. The molecule has 0 aliphatic carbocycles. The molecule has 0 atom stereocenters. The van der Waals surface area contributed by atoms with Crippen molar-refractivity contribution in [3.05, 3.63) is 89.7 Å². The maximum atomic E-state index is 13.0. The van der Waals surface area contributed by atoms with Gasteiger partial charge in [-0.25, -0.2) is 9.67 Å². The molecular weight excluding hydrogens is 388 g/mol. The van der Waals surface area contributed by atoms with Gasteiger partial charge in [-0.05, 0) is 62.2 Å². The Kier molecular flexibility index (Phi) is 5.80. The third-order valence-corrected chi connectivity index (χ3v) is 4.88. The van der Waals surface area contributed by atoms with E-state index in [1.54, 1.807) is 4.68 Å². The summed E-state index contributed by atoms with van der Waals surface area (Å²) in [7, 11) is 0. The number of benzene rings is 3. The number of carbonyl (C=O) groups is 1. The molecule has 4 aromatic rings. The van der Waals surface area contributed by atoms with Gasteiger partial charge in [-0.3, -0.25) is 4.79 Å². The van der Waals surface area contributed by atoms with Crippen molar-refractivity contribution in [1.29, 1.82) is 0 Å². The van der Waals surface area contributed by atoms with E-state index in [-0.39, 0.29) is 11.7 Å². The normalized spacial score (nSPS) is 10.7. The number of aryl methyl sites for hydroxylation is 2. The molecule has 3 aromatic carbocycles. The van der Waals surface area contributed by atoms with Gasteiger partial charge >= 0.3 is 0 Å². The third-order valence-electron chi connectivity index (χ3n) is 4.88. The van der Waals surface area contributed by atoms with E-state index in [9.17, 15) is 4.79 Å². The molecule has 0 saturated carbocycles. The number of carbonyl (C=O) groups excluding carboxylic acids is 1. The molecule has 1 N–H and O–H groups in total. The Hall–Kier alpha value is -3.93. The largest absolute Gasteiger partial charge is 0.494 e. The minimum Gasteiger partial charge on any atom is -0.494 e. The van der Waals surface area contributed by atoms with Gasteiger partial charge in [0.1, 0.15) is 5.75 Å². The first-order valence-corrected chi connectivity index (χ1v) is 10.2. The first kappa shape index (κ1) is 20.3. The quantitative estimate of drug-likeness (QED) is 0.472. The van der Waals surface area contributed by atoms with Crippen LogP contribution in [-0.2, 0) is 0 Å². The number of aromatic nitrogens is 3. The van der Waals surface area contributed by atoms with E-state index in [1.165, 1.54) is 0 Å². The van der Waals surface area contributed by atoms with E-state index in [0.717, 1.165) is 33.8 Å². The zero-order chi connectivity index (χ0) is 21.8. The Morgan fingerprint density at radius 1 is 1.00 bits per heavy atom. The summed E-state index contributed by atoms with van der Waals surface area (Å²) in [4.78, 5) is 17.5. The van der Waals surface area contributed by atoms with E-state index in [0.29, 0.717) is 12.4 Å². The molecule has 0 fully saturated rings. The van der Waals surface area contributed by atoms with Crippen LogP contribution in [0.15, 0.2) is 72.8 Å². The average Bonchev–Trinajstić information content (AvgIpc) is 3.23. The summed E-state index contributed by atoms with van der Waals surface area (Å²) in [5.41, 5.74) is 4.46. The maximum absolute atomic E-state index is 13.0. The molecule has 0 unspecified atom stereocenters. The summed E-state index contributed by atoms with van der Waals surface area (Å²) in [6.07, 6.45) is 0. The van der Waals surface area contributed by atoms with Gasteiger partial charge < -0.3 is 10.1 Å². The minimum absolute atomic E-state index is 0.105. The van der Waals surface area contributed by atoms with E-state index in [2.05, 4.69) is 15.4 Å². The lowest BCUT2D eigenvalue weighted by Crippen LogP contribution is -2.15. The molecule has 0 saturated heterocycles. The molecule has 0 spiro atoms. The van der Waals surface area contributed by atoms with Gasteiger partial charge in [0.25, 0.3) is 5.91 Å². The number of amides is 1. The van der Waals surface area contributed by atoms with Crippen LogP contribution in [0.4, 0.5) is 5.69 Å². The molecule has 6 heteroatoms. The van der Waals surface area contributed by atoms with Crippen molar-refractivity contribution >= 4 is 11.6 Å².